The van der Waals surface area contributed by atoms with Crippen LogP contribution in [-0.4, -0.2) is 24.3 Å². The number of alkyl halides is 6. The van der Waals surface area contributed by atoms with Crippen LogP contribution in [0.25, 0.3) is 6.08 Å². The van der Waals surface area contributed by atoms with Crippen molar-refractivity contribution in [1.29, 1.82) is 0 Å². The summed E-state index contributed by atoms with van der Waals surface area (Å²) in [6.45, 7) is 1.40. The minimum absolute atomic E-state index is 0.0657. The van der Waals surface area contributed by atoms with Crippen LogP contribution in [0.5, 0.6) is 0 Å². The van der Waals surface area contributed by atoms with Crippen molar-refractivity contribution in [3.05, 3.63) is 75.9 Å². The summed E-state index contributed by atoms with van der Waals surface area (Å²) in [5.41, 5.74) is -0.355. The van der Waals surface area contributed by atoms with Crippen LogP contribution in [0.3, 0.4) is 0 Å². The van der Waals surface area contributed by atoms with E-state index in [0.717, 1.165) is 23.1 Å². The van der Waals surface area contributed by atoms with Crippen LogP contribution in [0.15, 0.2) is 47.8 Å². The van der Waals surface area contributed by atoms with Crippen molar-refractivity contribution in [2.24, 2.45) is 5.28 Å². The molecule has 0 aromatic heterocycles. The van der Waals surface area contributed by atoms with Gasteiger partial charge in [0.15, 0.2) is 12.3 Å². The SMILES string of the molecule is CCOC(=O)/C=C/c1ccc2c(c1)C([N+](C)=NOCc1cc(C(F)(F)F)cc(C(F)(F)F)c1)CC2. The van der Waals surface area contributed by atoms with Gasteiger partial charge in [-0.05, 0) is 60.4 Å². The van der Waals surface area contributed by atoms with Crippen LogP contribution in [0, 0.1) is 0 Å². The minimum Gasteiger partial charge on any atom is -0.463 e. The quantitative estimate of drug-likeness (QED) is 0.109. The molecule has 0 fully saturated rings. The molecule has 2 aromatic rings. The minimum atomic E-state index is -4.93. The van der Waals surface area contributed by atoms with Gasteiger partial charge in [-0.3, -0.25) is 0 Å². The van der Waals surface area contributed by atoms with Crippen LogP contribution in [-0.2, 0) is 39.7 Å². The molecule has 0 saturated heterocycles. The van der Waals surface area contributed by atoms with Crippen molar-refractivity contribution in [3.63, 3.8) is 0 Å². The highest BCUT2D eigenvalue weighted by molar-refractivity contribution is 5.87. The van der Waals surface area contributed by atoms with Crippen LogP contribution >= 0.6 is 0 Å². The molecule has 1 aliphatic carbocycles. The molecule has 0 spiro atoms. The lowest BCUT2D eigenvalue weighted by atomic mass is 10.0. The van der Waals surface area contributed by atoms with Gasteiger partial charge >= 0.3 is 18.3 Å². The molecule has 0 bridgehead atoms. The van der Waals surface area contributed by atoms with Crippen molar-refractivity contribution in [2.45, 2.75) is 44.8 Å². The number of ether oxygens (including phenoxy) is 1. The normalized spacial score (nSPS) is 16.5. The average molecular weight is 501 g/mol. The number of nitrogens with zero attached hydrogens (tertiary/aromatic N) is 2. The molecular formula is C24H23F6N2O3+. The number of hydrogen-bond acceptors (Lipinski definition) is 4. The highest BCUT2D eigenvalue weighted by Crippen LogP contribution is 2.37. The van der Waals surface area contributed by atoms with Crippen molar-refractivity contribution in [3.8, 4) is 0 Å². The van der Waals surface area contributed by atoms with Crippen molar-refractivity contribution in [1.82, 2.24) is 0 Å². The fraction of sp³-hybridized carbons (Fsp3) is 0.375. The lowest BCUT2D eigenvalue weighted by molar-refractivity contribution is -0.633. The predicted octanol–water partition coefficient (Wildman–Crippen LogP) is 6.51. The van der Waals surface area contributed by atoms with Gasteiger partial charge in [0.1, 0.15) is 6.61 Å². The summed E-state index contributed by atoms with van der Waals surface area (Å²) < 4.78 is 84.5. The number of carbonyl (C=O) groups excluding carboxylic acids is 1. The van der Waals surface area contributed by atoms with Crippen LogP contribution < -0.4 is 0 Å². The first-order valence-electron chi connectivity index (χ1n) is 10.7. The molecule has 0 saturated carbocycles. The maximum Gasteiger partial charge on any atom is 0.416 e. The Hall–Kier alpha value is -3.37. The number of carbonyl (C=O) groups is 1. The molecule has 0 aliphatic heterocycles. The molecule has 188 valence electrons. The van der Waals surface area contributed by atoms with Gasteiger partial charge in [-0.1, -0.05) is 16.8 Å². The zero-order valence-electron chi connectivity index (χ0n) is 18.9. The van der Waals surface area contributed by atoms with E-state index < -0.39 is 36.1 Å². The summed E-state index contributed by atoms with van der Waals surface area (Å²) in [6.07, 6.45) is -5.49. The zero-order valence-corrected chi connectivity index (χ0v) is 18.9. The van der Waals surface area contributed by atoms with E-state index in [1.54, 1.807) is 20.0 Å². The summed E-state index contributed by atoms with van der Waals surface area (Å²) in [7, 11) is 1.61. The summed E-state index contributed by atoms with van der Waals surface area (Å²) in [5.74, 6) is -0.465. The number of fused-ring (bicyclic) bond motifs is 1. The molecule has 0 N–H and O–H groups in total. The van der Waals surface area contributed by atoms with Gasteiger partial charge in [0, 0.05) is 18.1 Å². The van der Waals surface area contributed by atoms with Crippen LogP contribution in [0.1, 0.15) is 52.8 Å². The molecule has 3 rings (SSSR count). The molecule has 11 heteroatoms. The first-order chi connectivity index (χ1) is 16.4. The van der Waals surface area contributed by atoms with E-state index in [0.29, 0.717) is 18.6 Å². The average Bonchev–Trinajstić information content (AvgIpc) is 3.20. The third-order valence-corrected chi connectivity index (χ3v) is 5.43. The number of esters is 1. The fourth-order valence-electron chi connectivity index (χ4n) is 3.80. The first kappa shape index (κ1) is 26.2. The molecule has 5 nitrogen and oxygen atoms in total. The molecule has 1 unspecified atom stereocenters. The smallest absolute Gasteiger partial charge is 0.416 e. The van der Waals surface area contributed by atoms with E-state index in [-0.39, 0.29) is 24.3 Å². The lowest BCUT2D eigenvalue weighted by Gasteiger charge is -2.13. The van der Waals surface area contributed by atoms with Gasteiger partial charge in [0.05, 0.1) is 17.7 Å². The number of rotatable bonds is 7. The Morgan fingerprint density at radius 3 is 2.34 bits per heavy atom. The number of halogens is 6. The van der Waals surface area contributed by atoms with E-state index in [1.165, 1.54) is 10.8 Å². The van der Waals surface area contributed by atoms with E-state index in [4.69, 9.17) is 9.57 Å². The number of aryl methyl sites for hydroxylation is 1. The summed E-state index contributed by atoms with van der Waals surface area (Å²) in [5, 5.41) is 3.89. The third kappa shape index (κ3) is 6.83. The van der Waals surface area contributed by atoms with Crippen molar-refractivity contribution >= 4 is 12.0 Å². The van der Waals surface area contributed by atoms with E-state index >= 15 is 0 Å². The van der Waals surface area contributed by atoms with Gasteiger partial charge in [-0.25, -0.2) is 4.79 Å². The topological polar surface area (TPSA) is 50.9 Å². The molecular weight excluding hydrogens is 478 g/mol. The summed E-state index contributed by atoms with van der Waals surface area (Å²) >= 11 is 0. The van der Waals surface area contributed by atoms with Gasteiger partial charge in [0.2, 0.25) is 6.04 Å². The third-order valence-electron chi connectivity index (χ3n) is 5.43. The second-order valence-electron chi connectivity index (χ2n) is 7.94. The second-order valence-corrected chi connectivity index (χ2v) is 7.94. The first-order valence-corrected chi connectivity index (χ1v) is 10.7. The molecule has 35 heavy (non-hydrogen) atoms. The molecule has 1 atom stereocenters. The van der Waals surface area contributed by atoms with Gasteiger partial charge in [-0.15, -0.1) is 0 Å². The monoisotopic (exact) mass is 501 g/mol. The maximum absolute atomic E-state index is 13.0. The largest absolute Gasteiger partial charge is 0.463 e. The highest BCUT2D eigenvalue weighted by Gasteiger charge is 2.37. The standard InChI is InChI=1S/C24H23F6N2O3/c1-3-34-22(33)9-5-15-4-6-17-7-8-21(20(17)12-15)32(2)31-35-14-16-10-18(23(25,26)27)13-19(11-16)24(28,29)30/h4-6,9-13,21H,3,7-8,14H2,1-2H3/q+1/b9-5+,32-31?. The predicted molar refractivity (Wildman–Crippen MR) is 113 cm³/mol. The number of benzene rings is 2. The molecule has 0 heterocycles. The molecule has 1 aliphatic rings. The van der Waals surface area contributed by atoms with E-state index in [1.807, 2.05) is 18.2 Å². The Kier molecular flexibility index (Phi) is 7.86. The molecule has 0 radical (unpaired) electrons. The van der Waals surface area contributed by atoms with Crippen LogP contribution in [0.2, 0.25) is 0 Å². The summed E-state index contributed by atoms with van der Waals surface area (Å²) in [6, 6.07) is 6.74. The van der Waals surface area contributed by atoms with Gasteiger partial charge in [-0.2, -0.15) is 26.3 Å². The van der Waals surface area contributed by atoms with Crippen molar-refractivity contribution < 1.29 is 45.4 Å². The lowest BCUT2D eigenvalue weighted by Crippen LogP contribution is -2.13. The van der Waals surface area contributed by atoms with E-state index in [2.05, 4.69) is 5.28 Å². The Morgan fingerprint density at radius 2 is 1.74 bits per heavy atom. The highest BCUT2D eigenvalue weighted by atomic mass is 19.4. The van der Waals surface area contributed by atoms with Crippen LogP contribution in [0.4, 0.5) is 26.3 Å². The molecule has 0 amide bonds. The maximum atomic E-state index is 13.0. The van der Waals surface area contributed by atoms with Gasteiger partial charge in [0.25, 0.3) is 0 Å². The summed E-state index contributed by atoms with van der Waals surface area (Å²) in [4.78, 5) is 16.7. The Labute approximate surface area is 197 Å². The Balaban J connectivity index is 1.75. The zero-order chi connectivity index (χ0) is 25.8. The fourth-order valence-corrected chi connectivity index (χ4v) is 3.80. The Bertz CT molecular complexity index is 1110. The second kappa shape index (κ2) is 10.5. The molecule has 2 aromatic carbocycles. The van der Waals surface area contributed by atoms with Gasteiger partial charge < -0.3 is 9.57 Å². The number of hydrogen-bond donors (Lipinski definition) is 0. The Morgan fingerprint density at radius 1 is 1.09 bits per heavy atom. The van der Waals surface area contributed by atoms with Crippen molar-refractivity contribution in [2.75, 3.05) is 13.7 Å². The van der Waals surface area contributed by atoms with E-state index in [9.17, 15) is 31.1 Å².